The molecule has 0 saturated carbocycles. The van der Waals surface area contributed by atoms with E-state index in [0.29, 0.717) is 11.6 Å². The molecule has 0 bridgehead atoms. The van der Waals surface area contributed by atoms with Gasteiger partial charge in [-0.05, 0) is 51.3 Å². The maximum atomic E-state index is 15.2. The van der Waals surface area contributed by atoms with Crippen molar-refractivity contribution < 1.29 is 12.8 Å². The SMILES string of the molecule is Cc1cccc(S(=O)(=O)N2CCC(F)(CNc3cc(C)nc(C)n3)CC2)c1. The standard InChI is InChI=1S/C19H25FN4O2S/c1-14-5-4-6-17(11-14)27(25,26)24-9-7-19(20,8-10-24)13-21-18-12-15(2)22-16(3)23-18/h4-6,11-12H,7-10,13H2,1-3H3,(H,21,22,23). The van der Waals surface area contributed by atoms with Crippen LogP contribution in [-0.4, -0.2) is 48.0 Å². The Balaban J connectivity index is 1.63. The second-order valence-electron chi connectivity index (χ2n) is 7.17. The van der Waals surface area contributed by atoms with Gasteiger partial charge in [0, 0.05) is 24.8 Å². The van der Waals surface area contributed by atoms with Crippen molar-refractivity contribution in [2.45, 2.75) is 44.2 Å². The Hall–Kier alpha value is -2.06. The summed E-state index contributed by atoms with van der Waals surface area (Å²) in [5.41, 5.74) is 0.232. The van der Waals surface area contributed by atoms with Crippen LogP contribution in [0.3, 0.4) is 0 Å². The number of rotatable bonds is 5. The summed E-state index contributed by atoms with van der Waals surface area (Å²) in [6.07, 6.45) is 0.294. The number of halogens is 1. The van der Waals surface area contributed by atoms with Crippen LogP contribution in [0.4, 0.5) is 10.2 Å². The number of nitrogens with zero attached hydrogens (tertiary/aromatic N) is 3. The van der Waals surface area contributed by atoms with E-state index in [9.17, 15) is 8.42 Å². The zero-order valence-corrected chi connectivity index (χ0v) is 16.7. The van der Waals surface area contributed by atoms with Crippen LogP contribution in [-0.2, 0) is 10.0 Å². The first-order chi connectivity index (χ1) is 12.7. The maximum absolute atomic E-state index is 15.2. The molecule has 0 spiro atoms. The number of aromatic nitrogens is 2. The lowest BCUT2D eigenvalue weighted by Gasteiger charge is -2.35. The van der Waals surface area contributed by atoms with Crippen LogP contribution in [0.1, 0.15) is 29.9 Å². The minimum absolute atomic E-state index is 0.0984. The van der Waals surface area contributed by atoms with Crippen LogP contribution < -0.4 is 5.32 Å². The summed E-state index contributed by atoms with van der Waals surface area (Å²) in [5.74, 6) is 1.22. The lowest BCUT2D eigenvalue weighted by molar-refractivity contribution is 0.102. The van der Waals surface area contributed by atoms with E-state index in [1.807, 2.05) is 19.9 Å². The predicted molar refractivity (Wildman–Crippen MR) is 103 cm³/mol. The molecule has 27 heavy (non-hydrogen) atoms. The zero-order chi connectivity index (χ0) is 19.7. The van der Waals surface area contributed by atoms with Gasteiger partial charge in [-0.3, -0.25) is 0 Å². The highest BCUT2D eigenvalue weighted by molar-refractivity contribution is 7.89. The Morgan fingerprint density at radius 2 is 1.85 bits per heavy atom. The summed E-state index contributed by atoms with van der Waals surface area (Å²) in [4.78, 5) is 8.72. The smallest absolute Gasteiger partial charge is 0.243 e. The first-order valence-corrected chi connectivity index (χ1v) is 10.4. The Bertz CT molecular complexity index is 905. The first-order valence-electron chi connectivity index (χ1n) is 9.00. The topological polar surface area (TPSA) is 75.2 Å². The van der Waals surface area contributed by atoms with E-state index in [1.54, 1.807) is 31.2 Å². The van der Waals surface area contributed by atoms with E-state index in [1.165, 1.54) is 4.31 Å². The molecule has 1 N–H and O–H groups in total. The van der Waals surface area contributed by atoms with E-state index in [0.717, 1.165) is 11.3 Å². The van der Waals surface area contributed by atoms with Gasteiger partial charge in [0.15, 0.2) is 0 Å². The highest BCUT2D eigenvalue weighted by Gasteiger charge is 2.38. The lowest BCUT2D eigenvalue weighted by atomic mass is 9.94. The molecule has 1 aliphatic rings. The fourth-order valence-corrected chi connectivity index (χ4v) is 4.83. The molecule has 1 aromatic carbocycles. The Morgan fingerprint density at radius 1 is 1.15 bits per heavy atom. The Kier molecular flexibility index (Phi) is 5.48. The van der Waals surface area contributed by atoms with Crippen molar-refractivity contribution in [2.24, 2.45) is 0 Å². The summed E-state index contributed by atoms with van der Waals surface area (Å²) in [7, 11) is -3.59. The largest absolute Gasteiger partial charge is 0.367 e. The van der Waals surface area contributed by atoms with Gasteiger partial charge in [-0.25, -0.2) is 22.8 Å². The van der Waals surface area contributed by atoms with Crippen LogP contribution in [0.5, 0.6) is 0 Å². The molecule has 1 aromatic heterocycles. The van der Waals surface area contributed by atoms with Gasteiger partial charge in [0.2, 0.25) is 10.0 Å². The second-order valence-corrected chi connectivity index (χ2v) is 9.10. The number of aryl methyl sites for hydroxylation is 3. The summed E-state index contributed by atoms with van der Waals surface area (Å²) in [6, 6.07) is 8.58. The molecule has 0 atom stereocenters. The molecular formula is C19H25FN4O2S. The van der Waals surface area contributed by atoms with Crippen LogP contribution in [0.15, 0.2) is 35.2 Å². The van der Waals surface area contributed by atoms with Crippen molar-refractivity contribution in [1.29, 1.82) is 0 Å². The summed E-state index contributed by atoms with van der Waals surface area (Å²) < 4.78 is 42.1. The van der Waals surface area contributed by atoms with E-state index in [4.69, 9.17) is 0 Å². The third-order valence-electron chi connectivity index (χ3n) is 4.80. The van der Waals surface area contributed by atoms with E-state index in [2.05, 4.69) is 15.3 Å². The fraction of sp³-hybridized carbons (Fsp3) is 0.474. The number of piperidine rings is 1. The molecule has 0 unspecified atom stereocenters. The van der Waals surface area contributed by atoms with Gasteiger partial charge in [-0.2, -0.15) is 4.31 Å². The molecule has 1 aliphatic heterocycles. The van der Waals surface area contributed by atoms with Crippen molar-refractivity contribution >= 4 is 15.8 Å². The molecular weight excluding hydrogens is 367 g/mol. The fourth-order valence-electron chi connectivity index (χ4n) is 3.29. The normalized spacial score (nSPS) is 17.6. The number of sulfonamides is 1. The van der Waals surface area contributed by atoms with Gasteiger partial charge in [-0.15, -0.1) is 0 Å². The minimum atomic E-state index is -3.59. The van der Waals surface area contributed by atoms with Gasteiger partial charge < -0.3 is 5.32 Å². The number of benzene rings is 1. The van der Waals surface area contributed by atoms with Crippen molar-refractivity contribution in [3.8, 4) is 0 Å². The maximum Gasteiger partial charge on any atom is 0.243 e. The average Bonchev–Trinajstić information content (AvgIpc) is 2.60. The predicted octanol–water partition coefficient (Wildman–Crippen LogP) is 3.01. The van der Waals surface area contributed by atoms with Crippen LogP contribution >= 0.6 is 0 Å². The Morgan fingerprint density at radius 3 is 2.48 bits per heavy atom. The molecule has 2 heterocycles. The molecule has 1 saturated heterocycles. The van der Waals surface area contributed by atoms with E-state index in [-0.39, 0.29) is 37.4 Å². The molecule has 1 fully saturated rings. The molecule has 0 radical (unpaired) electrons. The van der Waals surface area contributed by atoms with Gasteiger partial charge in [0.1, 0.15) is 17.3 Å². The number of nitrogens with one attached hydrogen (secondary N) is 1. The minimum Gasteiger partial charge on any atom is -0.367 e. The number of hydrogen-bond donors (Lipinski definition) is 1. The third-order valence-corrected chi connectivity index (χ3v) is 6.69. The highest BCUT2D eigenvalue weighted by Crippen LogP contribution is 2.30. The summed E-state index contributed by atoms with van der Waals surface area (Å²) >= 11 is 0. The monoisotopic (exact) mass is 392 g/mol. The third kappa shape index (κ3) is 4.62. The van der Waals surface area contributed by atoms with E-state index < -0.39 is 15.7 Å². The van der Waals surface area contributed by atoms with Crippen LogP contribution in [0.25, 0.3) is 0 Å². The van der Waals surface area contributed by atoms with Crippen LogP contribution in [0, 0.1) is 20.8 Å². The quantitative estimate of drug-likeness (QED) is 0.847. The summed E-state index contributed by atoms with van der Waals surface area (Å²) in [6.45, 7) is 5.93. The molecule has 0 amide bonds. The lowest BCUT2D eigenvalue weighted by Crippen LogP contribution is -2.47. The van der Waals surface area contributed by atoms with Crippen molar-refractivity contribution in [3.05, 3.63) is 47.4 Å². The molecule has 2 aromatic rings. The molecule has 146 valence electrons. The zero-order valence-electron chi connectivity index (χ0n) is 15.9. The molecule has 3 rings (SSSR count). The summed E-state index contributed by atoms with van der Waals surface area (Å²) in [5, 5.41) is 3.04. The molecule has 0 aliphatic carbocycles. The molecule has 8 heteroatoms. The highest BCUT2D eigenvalue weighted by atomic mass is 32.2. The van der Waals surface area contributed by atoms with Crippen molar-refractivity contribution in [3.63, 3.8) is 0 Å². The second kappa shape index (κ2) is 7.52. The number of hydrogen-bond acceptors (Lipinski definition) is 5. The van der Waals surface area contributed by atoms with Crippen LogP contribution in [0.2, 0.25) is 0 Å². The van der Waals surface area contributed by atoms with Gasteiger partial charge in [-0.1, -0.05) is 12.1 Å². The number of alkyl halides is 1. The Labute approximate surface area is 159 Å². The average molecular weight is 393 g/mol. The van der Waals surface area contributed by atoms with Gasteiger partial charge in [0.05, 0.1) is 11.4 Å². The van der Waals surface area contributed by atoms with E-state index >= 15 is 4.39 Å². The van der Waals surface area contributed by atoms with Crippen molar-refractivity contribution in [2.75, 3.05) is 25.0 Å². The molecule has 6 nitrogen and oxygen atoms in total. The first kappa shape index (κ1) is 19.7. The van der Waals surface area contributed by atoms with Gasteiger partial charge in [0.25, 0.3) is 0 Å². The van der Waals surface area contributed by atoms with Gasteiger partial charge >= 0.3 is 0 Å². The number of anilines is 1. The van der Waals surface area contributed by atoms with Crippen molar-refractivity contribution in [1.82, 2.24) is 14.3 Å².